The molecular formula is C27H34ClN3O4. The summed E-state index contributed by atoms with van der Waals surface area (Å²) in [6, 6.07) is 4.71. The zero-order valence-electron chi connectivity index (χ0n) is 20.4. The van der Waals surface area contributed by atoms with Crippen LogP contribution in [0.25, 0.3) is 0 Å². The molecule has 1 aromatic carbocycles. The van der Waals surface area contributed by atoms with Crippen LogP contribution in [-0.4, -0.2) is 53.0 Å². The number of benzene rings is 1. The van der Waals surface area contributed by atoms with Crippen molar-refractivity contribution < 1.29 is 19.1 Å². The molecule has 0 radical (unpaired) electrons. The number of hydrogen-bond donors (Lipinski definition) is 2. The number of ether oxygens (including phenoxy) is 1. The van der Waals surface area contributed by atoms with Gasteiger partial charge in [-0.1, -0.05) is 62.4 Å². The van der Waals surface area contributed by atoms with Crippen molar-refractivity contribution in [2.24, 2.45) is 11.8 Å². The molecule has 2 bridgehead atoms. The van der Waals surface area contributed by atoms with Gasteiger partial charge in [0.2, 0.25) is 17.7 Å². The van der Waals surface area contributed by atoms with Crippen LogP contribution in [0.5, 0.6) is 0 Å². The van der Waals surface area contributed by atoms with E-state index in [-0.39, 0.29) is 23.8 Å². The molecule has 4 aliphatic rings. The third-order valence-electron chi connectivity index (χ3n) is 8.07. The van der Waals surface area contributed by atoms with E-state index in [1.165, 1.54) is 6.42 Å². The molecule has 1 spiro atoms. The highest BCUT2D eigenvalue weighted by Crippen LogP contribution is 2.55. The van der Waals surface area contributed by atoms with Crippen molar-refractivity contribution >= 4 is 35.0 Å². The molecule has 1 saturated carbocycles. The van der Waals surface area contributed by atoms with E-state index in [1.807, 2.05) is 25.1 Å². The van der Waals surface area contributed by atoms with Crippen LogP contribution >= 0.6 is 11.6 Å². The Morgan fingerprint density at radius 1 is 1.20 bits per heavy atom. The maximum atomic E-state index is 13.8. The average Bonchev–Trinajstić information content (AvgIpc) is 3.48. The third kappa shape index (κ3) is 4.16. The van der Waals surface area contributed by atoms with E-state index in [9.17, 15) is 14.4 Å². The maximum absolute atomic E-state index is 13.8. The minimum Gasteiger partial charge on any atom is -0.359 e. The Kier molecular flexibility index (Phi) is 6.66. The largest absolute Gasteiger partial charge is 0.359 e. The van der Waals surface area contributed by atoms with E-state index in [0.29, 0.717) is 17.3 Å². The smallest absolute Gasteiger partial charge is 0.246 e. The molecular weight excluding hydrogens is 466 g/mol. The topological polar surface area (TPSA) is 87.7 Å². The second-order valence-corrected chi connectivity index (χ2v) is 10.8. The molecule has 8 heteroatoms. The van der Waals surface area contributed by atoms with Crippen LogP contribution in [0.3, 0.4) is 0 Å². The lowest BCUT2D eigenvalue weighted by atomic mass is 9.74. The number of nitrogens with one attached hydrogen (secondary N) is 2. The second kappa shape index (κ2) is 9.58. The fourth-order valence-corrected chi connectivity index (χ4v) is 6.44. The first-order valence-corrected chi connectivity index (χ1v) is 13.3. The molecule has 5 atom stereocenters. The first kappa shape index (κ1) is 24.3. The zero-order chi connectivity index (χ0) is 24.7. The first-order valence-electron chi connectivity index (χ1n) is 12.9. The van der Waals surface area contributed by atoms with E-state index < -0.39 is 29.6 Å². The highest BCUT2D eigenvalue weighted by atomic mass is 35.5. The number of carbonyl (C=O) groups is 3. The Bertz CT molecular complexity index is 1050. The van der Waals surface area contributed by atoms with Crippen LogP contribution in [0.2, 0.25) is 5.02 Å². The molecule has 3 amide bonds. The van der Waals surface area contributed by atoms with Crippen molar-refractivity contribution in [1.82, 2.24) is 10.2 Å². The standard InChI is InChI=1S/C27H34ClN3O4/c1-3-4-14-31-23(25(33)29-17-8-6-5-7-9-17)27-13-12-20(35-27)21(22(27)26(31)34)24(32)30-18-11-10-16(2)19(28)15-18/h10-13,15,17,20-23H,3-9,14H2,1-2H3,(H,29,33)(H,30,32)/t20-,21+,22-,23-,27-/m0/s1. The molecule has 35 heavy (non-hydrogen) atoms. The van der Waals surface area contributed by atoms with Crippen LogP contribution in [-0.2, 0) is 19.1 Å². The van der Waals surface area contributed by atoms with Crippen molar-refractivity contribution in [1.29, 1.82) is 0 Å². The number of nitrogens with zero attached hydrogens (tertiary/aromatic N) is 1. The van der Waals surface area contributed by atoms with Crippen molar-refractivity contribution in [2.75, 3.05) is 11.9 Å². The van der Waals surface area contributed by atoms with Crippen LogP contribution in [0, 0.1) is 18.8 Å². The fraction of sp³-hybridized carbons (Fsp3) is 0.593. The van der Waals surface area contributed by atoms with Gasteiger partial charge < -0.3 is 20.3 Å². The van der Waals surface area contributed by atoms with Gasteiger partial charge in [-0.2, -0.15) is 0 Å². The Balaban J connectivity index is 1.42. The zero-order valence-corrected chi connectivity index (χ0v) is 21.1. The predicted molar refractivity (Wildman–Crippen MR) is 134 cm³/mol. The van der Waals surface area contributed by atoms with Gasteiger partial charge in [0.1, 0.15) is 11.6 Å². The lowest BCUT2D eigenvalue weighted by molar-refractivity contribution is -0.141. The number of fused-ring (bicyclic) bond motifs is 1. The molecule has 188 valence electrons. The Morgan fingerprint density at radius 2 is 1.97 bits per heavy atom. The summed E-state index contributed by atoms with van der Waals surface area (Å²) in [4.78, 5) is 42.6. The molecule has 5 rings (SSSR count). The summed E-state index contributed by atoms with van der Waals surface area (Å²) in [5, 5.41) is 6.70. The van der Waals surface area contributed by atoms with Gasteiger partial charge in [-0.3, -0.25) is 14.4 Å². The quantitative estimate of drug-likeness (QED) is 0.555. The highest BCUT2D eigenvalue weighted by Gasteiger charge is 2.72. The molecule has 7 nitrogen and oxygen atoms in total. The van der Waals surface area contributed by atoms with E-state index in [0.717, 1.165) is 44.1 Å². The maximum Gasteiger partial charge on any atom is 0.246 e. The summed E-state index contributed by atoms with van der Waals surface area (Å²) >= 11 is 6.24. The molecule has 1 aromatic rings. The van der Waals surface area contributed by atoms with Crippen molar-refractivity contribution in [2.45, 2.75) is 82.6 Å². The van der Waals surface area contributed by atoms with E-state index in [4.69, 9.17) is 16.3 Å². The van der Waals surface area contributed by atoms with Crippen LogP contribution < -0.4 is 10.6 Å². The predicted octanol–water partition coefficient (Wildman–Crippen LogP) is 3.99. The number of amides is 3. The summed E-state index contributed by atoms with van der Waals surface area (Å²) in [6.45, 7) is 4.43. The monoisotopic (exact) mass is 499 g/mol. The Labute approximate surface area is 211 Å². The lowest BCUT2D eigenvalue weighted by Crippen LogP contribution is -2.56. The van der Waals surface area contributed by atoms with Crippen LogP contribution in [0.15, 0.2) is 30.4 Å². The van der Waals surface area contributed by atoms with Crippen molar-refractivity contribution in [3.8, 4) is 0 Å². The number of carbonyl (C=O) groups excluding carboxylic acids is 3. The van der Waals surface area contributed by atoms with Gasteiger partial charge in [0.25, 0.3) is 0 Å². The number of aryl methyl sites for hydroxylation is 1. The molecule has 2 N–H and O–H groups in total. The molecule has 0 unspecified atom stereocenters. The van der Waals surface area contributed by atoms with Crippen LogP contribution in [0.4, 0.5) is 5.69 Å². The normalized spacial score (nSPS) is 31.6. The van der Waals surface area contributed by atoms with Gasteiger partial charge in [-0.25, -0.2) is 0 Å². The van der Waals surface area contributed by atoms with Gasteiger partial charge in [-0.05, 0) is 43.9 Å². The number of likely N-dealkylation sites (tertiary alicyclic amines) is 1. The van der Waals surface area contributed by atoms with Gasteiger partial charge in [0.05, 0.1) is 17.9 Å². The lowest BCUT2D eigenvalue weighted by Gasteiger charge is -2.34. The first-order chi connectivity index (χ1) is 16.9. The number of rotatable bonds is 7. The summed E-state index contributed by atoms with van der Waals surface area (Å²) in [5.74, 6) is -2.05. The number of halogens is 1. The minimum absolute atomic E-state index is 0.128. The van der Waals surface area contributed by atoms with Gasteiger partial charge in [-0.15, -0.1) is 0 Å². The summed E-state index contributed by atoms with van der Waals surface area (Å²) in [6.07, 6.45) is 10.2. The minimum atomic E-state index is -1.11. The van der Waals surface area contributed by atoms with Gasteiger partial charge in [0.15, 0.2) is 0 Å². The van der Waals surface area contributed by atoms with Gasteiger partial charge in [0, 0.05) is 23.3 Å². The third-order valence-corrected chi connectivity index (χ3v) is 8.48. The Hall–Kier alpha value is -2.38. The number of anilines is 1. The molecule has 3 aliphatic heterocycles. The summed E-state index contributed by atoms with van der Waals surface area (Å²) < 4.78 is 6.38. The van der Waals surface area contributed by atoms with Crippen molar-refractivity contribution in [3.05, 3.63) is 40.9 Å². The van der Waals surface area contributed by atoms with Crippen molar-refractivity contribution in [3.63, 3.8) is 0 Å². The fourth-order valence-electron chi connectivity index (χ4n) is 6.26. The second-order valence-electron chi connectivity index (χ2n) is 10.4. The number of hydrogen-bond acceptors (Lipinski definition) is 4. The van der Waals surface area contributed by atoms with Crippen LogP contribution in [0.1, 0.15) is 57.4 Å². The molecule has 0 aromatic heterocycles. The Morgan fingerprint density at radius 3 is 2.69 bits per heavy atom. The molecule has 3 fully saturated rings. The average molecular weight is 500 g/mol. The SMILES string of the molecule is CCCCN1C(=O)[C@@H]2[C@H](C(=O)Nc3ccc(C)c(Cl)c3)[C@@H]3C=C[C@@]2(O3)[C@@H]1C(=O)NC1CCCCC1. The number of unbranched alkanes of at least 4 members (excludes halogenated alkanes) is 1. The van der Waals surface area contributed by atoms with Gasteiger partial charge >= 0.3 is 0 Å². The summed E-state index contributed by atoms with van der Waals surface area (Å²) in [5.41, 5.74) is 0.381. The molecule has 1 aliphatic carbocycles. The van der Waals surface area contributed by atoms with E-state index in [1.54, 1.807) is 17.0 Å². The van der Waals surface area contributed by atoms with E-state index in [2.05, 4.69) is 17.6 Å². The molecule has 3 heterocycles. The molecule has 2 saturated heterocycles. The summed E-state index contributed by atoms with van der Waals surface area (Å²) in [7, 11) is 0. The van der Waals surface area contributed by atoms with E-state index >= 15 is 0 Å². The highest BCUT2D eigenvalue weighted by molar-refractivity contribution is 6.31.